The van der Waals surface area contributed by atoms with Gasteiger partial charge in [-0.05, 0) is 30.5 Å². The summed E-state index contributed by atoms with van der Waals surface area (Å²) in [6.07, 6.45) is 8.86. The van der Waals surface area contributed by atoms with E-state index in [4.69, 9.17) is 23.2 Å². The van der Waals surface area contributed by atoms with Crippen molar-refractivity contribution in [1.82, 2.24) is 5.32 Å². The lowest BCUT2D eigenvalue weighted by Crippen LogP contribution is -2.36. The van der Waals surface area contributed by atoms with Gasteiger partial charge in [0.15, 0.2) is 0 Å². The Hall–Kier alpha value is -0.730. The Morgan fingerprint density at radius 1 is 1.10 bits per heavy atom. The Kier molecular flexibility index (Phi) is 6.18. The van der Waals surface area contributed by atoms with Crippen molar-refractivity contribution in [2.45, 2.75) is 57.4 Å². The summed E-state index contributed by atoms with van der Waals surface area (Å²) in [6, 6.07) is 5.60. The average molecular weight is 314 g/mol. The van der Waals surface area contributed by atoms with Crippen LogP contribution in [0.15, 0.2) is 18.2 Å². The minimum atomic E-state index is 0.0554. The molecule has 1 amide bonds. The summed E-state index contributed by atoms with van der Waals surface area (Å²) in [5.41, 5.74) is 0.833. The topological polar surface area (TPSA) is 29.1 Å². The van der Waals surface area contributed by atoms with Gasteiger partial charge in [0.2, 0.25) is 5.91 Å². The molecule has 1 aromatic carbocycles. The highest BCUT2D eigenvalue weighted by atomic mass is 35.5. The fourth-order valence-corrected chi connectivity index (χ4v) is 3.19. The molecule has 1 aliphatic carbocycles. The Morgan fingerprint density at radius 2 is 1.75 bits per heavy atom. The number of carbonyl (C=O) groups excluding carboxylic acids is 1. The Balaban J connectivity index is 1.87. The first-order valence-electron chi connectivity index (χ1n) is 7.38. The third kappa shape index (κ3) is 4.99. The highest BCUT2D eigenvalue weighted by Crippen LogP contribution is 2.22. The van der Waals surface area contributed by atoms with Crippen molar-refractivity contribution in [2.24, 2.45) is 0 Å². The fourth-order valence-electron chi connectivity index (χ4n) is 2.72. The van der Waals surface area contributed by atoms with Crippen LogP contribution in [-0.4, -0.2) is 11.9 Å². The van der Waals surface area contributed by atoms with E-state index in [9.17, 15) is 4.79 Å². The number of nitrogens with one attached hydrogen (secondary N) is 1. The maximum atomic E-state index is 12.1. The zero-order chi connectivity index (χ0) is 14.4. The monoisotopic (exact) mass is 313 g/mol. The Morgan fingerprint density at radius 3 is 2.40 bits per heavy atom. The molecule has 0 radical (unpaired) electrons. The molecule has 0 unspecified atom stereocenters. The van der Waals surface area contributed by atoms with Gasteiger partial charge < -0.3 is 5.32 Å². The van der Waals surface area contributed by atoms with E-state index in [-0.39, 0.29) is 5.91 Å². The zero-order valence-corrected chi connectivity index (χ0v) is 13.1. The second kappa shape index (κ2) is 7.90. The Labute approximate surface area is 130 Å². The normalized spacial score (nSPS) is 17.3. The second-order valence-corrected chi connectivity index (χ2v) is 6.37. The van der Waals surface area contributed by atoms with E-state index >= 15 is 0 Å². The molecule has 2 nitrogen and oxygen atoms in total. The molecule has 4 heteroatoms. The first kappa shape index (κ1) is 15.7. The summed E-state index contributed by atoms with van der Waals surface area (Å²) in [7, 11) is 0. The molecule has 2 rings (SSSR count). The number of benzene rings is 1. The lowest BCUT2D eigenvalue weighted by atomic mass is 9.96. The predicted octanol–water partition coefficient (Wildman–Crippen LogP) is 4.77. The van der Waals surface area contributed by atoms with Crippen molar-refractivity contribution in [2.75, 3.05) is 0 Å². The molecule has 0 aliphatic heterocycles. The molecular formula is C16H21Cl2NO. The largest absolute Gasteiger partial charge is 0.353 e. The molecule has 1 aliphatic rings. The van der Waals surface area contributed by atoms with Gasteiger partial charge in [-0.15, -0.1) is 0 Å². The molecule has 0 heterocycles. The Bertz CT molecular complexity index is 454. The SMILES string of the molecule is O=C(Cc1ccc(Cl)cc1Cl)NC1CCCCCCC1. The first-order chi connectivity index (χ1) is 9.65. The van der Waals surface area contributed by atoms with E-state index in [0.717, 1.165) is 18.4 Å². The molecular weight excluding hydrogens is 293 g/mol. The van der Waals surface area contributed by atoms with Crippen LogP contribution >= 0.6 is 23.2 Å². The molecule has 20 heavy (non-hydrogen) atoms. The first-order valence-corrected chi connectivity index (χ1v) is 8.14. The van der Waals surface area contributed by atoms with Crippen molar-refractivity contribution in [1.29, 1.82) is 0 Å². The molecule has 0 spiro atoms. The van der Waals surface area contributed by atoms with Crippen molar-refractivity contribution < 1.29 is 4.79 Å². The smallest absolute Gasteiger partial charge is 0.224 e. The predicted molar refractivity (Wildman–Crippen MR) is 84.4 cm³/mol. The van der Waals surface area contributed by atoms with Gasteiger partial charge in [0.05, 0.1) is 6.42 Å². The van der Waals surface area contributed by atoms with E-state index < -0.39 is 0 Å². The number of halogens is 2. The molecule has 0 saturated heterocycles. The average Bonchev–Trinajstić information content (AvgIpc) is 2.36. The lowest BCUT2D eigenvalue weighted by Gasteiger charge is -2.21. The lowest BCUT2D eigenvalue weighted by molar-refractivity contribution is -0.121. The van der Waals surface area contributed by atoms with Gasteiger partial charge in [0.1, 0.15) is 0 Å². The van der Waals surface area contributed by atoms with Crippen LogP contribution < -0.4 is 5.32 Å². The summed E-state index contributed by atoms with van der Waals surface area (Å²) in [5, 5.41) is 4.30. The van der Waals surface area contributed by atoms with Crippen LogP contribution in [0.5, 0.6) is 0 Å². The van der Waals surface area contributed by atoms with E-state index in [1.807, 2.05) is 6.07 Å². The van der Waals surface area contributed by atoms with Gasteiger partial charge in [-0.25, -0.2) is 0 Å². The van der Waals surface area contributed by atoms with Gasteiger partial charge in [0.25, 0.3) is 0 Å². The zero-order valence-electron chi connectivity index (χ0n) is 11.6. The fraction of sp³-hybridized carbons (Fsp3) is 0.562. The number of carbonyl (C=O) groups is 1. The van der Waals surface area contributed by atoms with Crippen molar-refractivity contribution in [3.05, 3.63) is 33.8 Å². The summed E-state index contributed by atoms with van der Waals surface area (Å²) >= 11 is 12.0. The molecule has 1 saturated carbocycles. The van der Waals surface area contributed by atoms with Crippen molar-refractivity contribution >= 4 is 29.1 Å². The van der Waals surface area contributed by atoms with Crippen LogP contribution in [-0.2, 0) is 11.2 Å². The van der Waals surface area contributed by atoms with Gasteiger partial charge >= 0.3 is 0 Å². The summed E-state index contributed by atoms with van der Waals surface area (Å²) in [4.78, 5) is 12.1. The number of rotatable bonds is 3. The highest BCUT2D eigenvalue weighted by molar-refractivity contribution is 6.35. The van der Waals surface area contributed by atoms with Gasteiger partial charge in [0, 0.05) is 16.1 Å². The minimum Gasteiger partial charge on any atom is -0.353 e. The van der Waals surface area contributed by atoms with E-state index in [1.165, 1.54) is 32.1 Å². The third-order valence-corrected chi connectivity index (χ3v) is 4.42. The third-order valence-electron chi connectivity index (χ3n) is 3.84. The summed E-state index contributed by atoms with van der Waals surface area (Å²) in [5.74, 6) is 0.0554. The molecule has 1 N–H and O–H groups in total. The van der Waals surface area contributed by atoms with E-state index in [1.54, 1.807) is 12.1 Å². The minimum absolute atomic E-state index is 0.0554. The molecule has 1 fully saturated rings. The van der Waals surface area contributed by atoms with Gasteiger partial charge in [-0.3, -0.25) is 4.79 Å². The van der Waals surface area contributed by atoms with E-state index in [2.05, 4.69) is 5.32 Å². The molecule has 0 bridgehead atoms. The molecule has 1 aromatic rings. The van der Waals surface area contributed by atoms with Crippen LogP contribution in [0.1, 0.15) is 50.5 Å². The van der Waals surface area contributed by atoms with Crippen LogP contribution in [0.4, 0.5) is 0 Å². The highest BCUT2D eigenvalue weighted by Gasteiger charge is 2.15. The number of hydrogen-bond acceptors (Lipinski definition) is 1. The van der Waals surface area contributed by atoms with Gasteiger partial charge in [-0.2, -0.15) is 0 Å². The van der Waals surface area contributed by atoms with Crippen LogP contribution in [0, 0.1) is 0 Å². The van der Waals surface area contributed by atoms with Gasteiger partial charge in [-0.1, -0.05) is 61.4 Å². The molecule has 110 valence electrons. The summed E-state index contributed by atoms with van der Waals surface area (Å²) < 4.78 is 0. The van der Waals surface area contributed by atoms with Crippen LogP contribution in [0.3, 0.4) is 0 Å². The number of hydrogen-bond donors (Lipinski definition) is 1. The maximum Gasteiger partial charge on any atom is 0.224 e. The van der Waals surface area contributed by atoms with Crippen LogP contribution in [0.2, 0.25) is 10.0 Å². The standard InChI is InChI=1S/C16H21Cl2NO/c17-13-9-8-12(15(18)11-13)10-16(20)19-14-6-4-2-1-3-5-7-14/h8-9,11,14H,1-7,10H2,(H,19,20). The van der Waals surface area contributed by atoms with Crippen molar-refractivity contribution in [3.8, 4) is 0 Å². The van der Waals surface area contributed by atoms with E-state index in [0.29, 0.717) is 22.5 Å². The molecule has 0 atom stereocenters. The van der Waals surface area contributed by atoms with Crippen molar-refractivity contribution in [3.63, 3.8) is 0 Å². The quantitative estimate of drug-likeness (QED) is 0.856. The summed E-state index contributed by atoms with van der Waals surface area (Å²) in [6.45, 7) is 0. The molecule has 0 aromatic heterocycles. The van der Waals surface area contributed by atoms with Crippen LogP contribution in [0.25, 0.3) is 0 Å². The number of amides is 1. The maximum absolute atomic E-state index is 12.1. The second-order valence-electron chi connectivity index (χ2n) is 5.52.